The number of amides is 2. The molecule has 0 aromatic heterocycles. The van der Waals surface area contributed by atoms with Gasteiger partial charge in [0.25, 0.3) is 0 Å². The zero-order chi connectivity index (χ0) is 20.8. The molecule has 1 heterocycles. The highest BCUT2D eigenvalue weighted by molar-refractivity contribution is 5.93. The molecule has 2 aromatic carbocycles. The smallest absolute Gasteiger partial charge is 0.229 e. The van der Waals surface area contributed by atoms with Gasteiger partial charge in [0.15, 0.2) is 11.5 Å². The van der Waals surface area contributed by atoms with Crippen LogP contribution in [0.2, 0.25) is 0 Å². The SMILES string of the molecule is COc1ccccc1Oc1ccc(NC(=O)[C@@H]2CCCN(C(=O)C(C)C)C2)cc1. The number of rotatable bonds is 6. The lowest BCUT2D eigenvalue weighted by atomic mass is 9.96. The summed E-state index contributed by atoms with van der Waals surface area (Å²) in [4.78, 5) is 26.7. The number of carbonyl (C=O) groups excluding carboxylic acids is 2. The maximum absolute atomic E-state index is 12.7. The van der Waals surface area contributed by atoms with Gasteiger partial charge in [0, 0.05) is 24.7 Å². The van der Waals surface area contributed by atoms with Crippen LogP contribution in [0.25, 0.3) is 0 Å². The Balaban J connectivity index is 1.59. The quantitative estimate of drug-likeness (QED) is 0.790. The largest absolute Gasteiger partial charge is 0.493 e. The number of ether oxygens (including phenoxy) is 2. The standard InChI is InChI=1S/C23H28N2O4/c1-16(2)23(27)25-14-6-7-17(15-25)22(26)24-18-10-12-19(13-11-18)29-21-9-5-4-8-20(21)28-3/h4-5,8-13,16-17H,6-7,14-15H2,1-3H3,(H,24,26)/t17-/m1/s1. The van der Waals surface area contributed by atoms with E-state index < -0.39 is 0 Å². The highest BCUT2D eigenvalue weighted by Crippen LogP contribution is 2.31. The average molecular weight is 396 g/mol. The molecular weight excluding hydrogens is 368 g/mol. The number of piperidine rings is 1. The van der Waals surface area contributed by atoms with Gasteiger partial charge < -0.3 is 19.7 Å². The van der Waals surface area contributed by atoms with Gasteiger partial charge in [-0.1, -0.05) is 26.0 Å². The molecule has 154 valence electrons. The summed E-state index contributed by atoms with van der Waals surface area (Å²) in [5.41, 5.74) is 0.703. The lowest BCUT2D eigenvalue weighted by molar-refractivity contribution is -0.137. The molecule has 29 heavy (non-hydrogen) atoms. The molecule has 0 saturated carbocycles. The van der Waals surface area contributed by atoms with Gasteiger partial charge in [0.05, 0.1) is 13.0 Å². The molecule has 6 heteroatoms. The van der Waals surface area contributed by atoms with Crippen LogP contribution in [0, 0.1) is 11.8 Å². The predicted molar refractivity (Wildman–Crippen MR) is 112 cm³/mol. The number of para-hydroxylation sites is 2. The molecule has 6 nitrogen and oxygen atoms in total. The van der Waals surface area contributed by atoms with Crippen molar-refractivity contribution in [3.05, 3.63) is 48.5 Å². The Morgan fingerprint density at radius 3 is 2.41 bits per heavy atom. The van der Waals surface area contributed by atoms with Crippen LogP contribution in [0.3, 0.4) is 0 Å². The number of likely N-dealkylation sites (tertiary alicyclic amines) is 1. The van der Waals surface area contributed by atoms with Crippen molar-refractivity contribution in [3.63, 3.8) is 0 Å². The molecule has 0 unspecified atom stereocenters. The second-order valence-corrected chi connectivity index (χ2v) is 7.54. The third-order valence-corrected chi connectivity index (χ3v) is 5.02. The molecule has 3 rings (SSSR count). The molecular formula is C23H28N2O4. The first-order valence-corrected chi connectivity index (χ1v) is 9.98. The summed E-state index contributed by atoms with van der Waals surface area (Å²) < 4.78 is 11.1. The molecule has 0 bridgehead atoms. The molecule has 1 N–H and O–H groups in total. The lowest BCUT2D eigenvalue weighted by Gasteiger charge is -2.33. The van der Waals surface area contributed by atoms with Crippen LogP contribution >= 0.6 is 0 Å². The van der Waals surface area contributed by atoms with Crippen molar-refractivity contribution in [1.29, 1.82) is 0 Å². The van der Waals surface area contributed by atoms with E-state index in [1.54, 1.807) is 19.2 Å². The van der Waals surface area contributed by atoms with E-state index in [0.29, 0.717) is 29.5 Å². The summed E-state index contributed by atoms with van der Waals surface area (Å²) in [6.45, 7) is 5.00. The van der Waals surface area contributed by atoms with E-state index in [1.165, 1.54) is 0 Å². The number of nitrogens with zero attached hydrogens (tertiary/aromatic N) is 1. The summed E-state index contributed by atoms with van der Waals surface area (Å²) in [6.07, 6.45) is 1.64. The summed E-state index contributed by atoms with van der Waals surface area (Å²) >= 11 is 0. The van der Waals surface area contributed by atoms with Crippen molar-refractivity contribution in [2.45, 2.75) is 26.7 Å². The van der Waals surface area contributed by atoms with Crippen molar-refractivity contribution in [3.8, 4) is 17.2 Å². The minimum atomic E-state index is -0.184. The Hall–Kier alpha value is -3.02. The first-order valence-electron chi connectivity index (χ1n) is 9.98. The highest BCUT2D eigenvalue weighted by Gasteiger charge is 2.29. The zero-order valence-corrected chi connectivity index (χ0v) is 17.2. The molecule has 1 aliphatic heterocycles. The van der Waals surface area contributed by atoms with Crippen LogP contribution in [0.4, 0.5) is 5.69 Å². The maximum Gasteiger partial charge on any atom is 0.229 e. The topological polar surface area (TPSA) is 67.9 Å². The van der Waals surface area contributed by atoms with Gasteiger partial charge in [0.2, 0.25) is 11.8 Å². The van der Waals surface area contributed by atoms with E-state index >= 15 is 0 Å². The van der Waals surface area contributed by atoms with Gasteiger partial charge >= 0.3 is 0 Å². The van der Waals surface area contributed by atoms with Crippen LogP contribution in [0.15, 0.2) is 48.5 Å². The van der Waals surface area contributed by atoms with Gasteiger partial charge in [-0.2, -0.15) is 0 Å². The summed E-state index contributed by atoms with van der Waals surface area (Å²) in [7, 11) is 1.60. The Bertz CT molecular complexity index is 848. The number of benzene rings is 2. The van der Waals surface area contributed by atoms with E-state index in [-0.39, 0.29) is 23.7 Å². The van der Waals surface area contributed by atoms with E-state index in [2.05, 4.69) is 5.32 Å². The average Bonchev–Trinajstić information content (AvgIpc) is 2.75. The molecule has 0 spiro atoms. The van der Waals surface area contributed by atoms with Crippen molar-refractivity contribution in [2.24, 2.45) is 11.8 Å². The highest BCUT2D eigenvalue weighted by atomic mass is 16.5. The summed E-state index contributed by atoms with van der Waals surface area (Å²) in [5, 5.41) is 2.96. The molecule has 0 radical (unpaired) electrons. The van der Waals surface area contributed by atoms with Crippen LogP contribution < -0.4 is 14.8 Å². The monoisotopic (exact) mass is 396 g/mol. The van der Waals surface area contributed by atoms with Crippen LogP contribution in [0.1, 0.15) is 26.7 Å². The normalized spacial score (nSPS) is 16.4. The van der Waals surface area contributed by atoms with Crippen molar-refractivity contribution in [1.82, 2.24) is 4.90 Å². The fourth-order valence-corrected chi connectivity index (χ4v) is 3.44. The number of nitrogens with one attached hydrogen (secondary N) is 1. The molecule has 1 atom stereocenters. The van der Waals surface area contributed by atoms with E-state index in [4.69, 9.17) is 9.47 Å². The Labute approximate surface area is 171 Å². The first-order chi connectivity index (χ1) is 14.0. The Kier molecular flexibility index (Phi) is 6.75. The van der Waals surface area contributed by atoms with Gasteiger partial charge in [-0.3, -0.25) is 9.59 Å². The van der Waals surface area contributed by atoms with Gasteiger partial charge in [-0.15, -0.1) is 0 Å². The number of anilines is 1. The van der Waals surface area contributed by atoms with Crippen molar-refractivity contribution in [2.75, 3.05) is 25.5 Å². The van der Waals surface area contributed by atoms with Crippen LogP contribution in [0.5, 0.6) is 17.2 Å². The minimum absolute atomic E-state index is 0.0485. The molecule has 1 aliphatic rings. The minimum Gasteiger partial charge on any atom is -0.493 e. The van der Waals surface area contributed by atoms with Crippen LogP contribution in [-0.2, 0) is 9.59 Å². The first kappa shape index (κ1) is 20.7. The second kappa shape index (κ2) is 9.45. The number of hydrogen-bond acceptors (Lipinski definition) is 4. The van der Waals surface area contributed by atoms with Crippen molar-refractivity contribution >= 4 is 17.5 Å². The Morgan fingerprint density at radius 1 is 1.07 bits per heavy atom. The molecule has 2 aromatic rings. The van der Waals surface area contributed by atoms with Crippen LogP contribution in [-0.4, -0.2) is 36.9 Å². The third kappa shape index (κ3) is 5.28. The lowest BCUT2D eigenvalue weighted by Crippen LogP contribution is -2.45. The Morgan fingerprint density at radius 2 is 1.76 bits per heavy atom. The molecule has 1 saturated heterocycles. The molecule has 2 amide bonds. The second-order valence-electron chi connectivity index (χ2n) is 7.54. The fraction of sp³-hybridized carbons (Fsp3) is 0.391. The number of carbonyl (C=O) groups is 2. The third-order valence-electron chi connectivity index (χ3n) is 5.02. The molecule has 0 aliphatic carbocycles. The molecule has 1 fully saturated rings. The number of hydrogen-bond donors (Lipinski definition) is 1. The zero-order valence-electron chi connectivity index (χ0n) is 17.2. The van der Waals surface area contributed by atoms with Gasteiger partial charge in [-0.25, -0.2) is 0 Å². The van der Waals surface area contributed by atoms with E-state index in [0.717, 1.165) is 19.4 Å². The summed E-state index contributed by atoms with van der Waals surface area (Å²) in [5.74, 6) is 1.76. The summed E-state index contributed by atoms with van der Waals surface area (Å²) in [6, 6.07) is 14.7. The van der Waals surface area contributed by atoms with Gasteiger partial charge in [0.1, 0.15) is 5.75 Å². The van der Waals surface area contributed by atoms with Crippen molar-refractivity contribution < 1.29 is 19.1 Å². The maximum atomic E-state index is 12.7. The fourth-order valence-electron chi connectivity index (χ4n) is 3.44. The van der Waals surface area contributed by atoms with E-state index in [1.807, 2.05) is 55.1 Å². The van der Waals surface area contributed by atoms with Gasteiger partial charge in [-0.05, 0) is 49.2 Å². The predicted octanol–water partition coefficient (Wildman–Crippen LogP) is 4.32. The van der Waals surface area contributed by atoms with E-state index in [9.17, 15) is 9.59 Å². The number of methoxy groups -OCH3 is 1.